The van der Waals surface area contributed by atoms with Gasteiger partial charge in [0.15, 0.2) is 11.6 Å². The average Bonchev–Trinajstić information content (AvgIpc) is 3.16. The third kappa shape index (κ3) is 5.80. The summed E-state index contributed by atoms with van der Waals surface area (Å²) in [6.07, 6.45) is 1.33. The summed E-state index contributed by atoms with van der Waals surface area (Å²) in [5.74, 6) is 0.0645. The number of nitrogens with zero attached hydrogens (tertiary/aromatic N) is 4. The van der Waals surface area contributed by atoms with Gasteiger partial charge in [-0.25, -0.2) is 23.5 Å². The number of likely N-dealkylation sites (tertiary alicyclic amines) is 1. The van der Waals surface area contributed by atoms with Crippen molar-refractivity contribution in [2.75, 3.05) is 18.4 Å². The molecular weight excluding hydrogens is 456 g/mol. The van der Waals surface area contributed by atoms with Gasteiger partial charge in [-0.1, -0.05) is 6.07 Å². The first-order valence-electron chi connectivity index (χ1n) is 11.7. The Bertz CT molecular complexity index is 1210. The summed E-state index contributed by atoms with van der Waals surface area (Å²) in [6.45, 7) is 9.47. The summed E-state index contributed by atoms with van der Waals surface area (Å²) in [5, 5.41) is 3.11. The molecule has 0 aliphatic carbocycles. The molecule has 1 aliphatic heterocycles. The monoisotopic (exact) mass is 487 g/mol. The normalized spacial score (nSPS) is 18.7. The van der Waals surface area contributed by atoms with Crippen LogP contribution in [0, 0.1) is 5.82 Å². The SMILES string of the molecule is CC(C)Oc1cc2ncc(-c3cccc(N[C@H]4CN(C(=O)OC(C)(C)C)CC[C@@H]4F)n3)n2cc1F. The van der Waals surface area contributed by atoms with E-state index in [-0.39, 0.29) is 31.4 Å². The van der Waals surface area contributed by atoms with Gasteiger partial charge in [-0.2, -0.15) is 0 Å². The van der Waals surface area contributed by atoms with E-state index in [2.05, 4.69) is 15.3 Å². The molecule has 4 rings (SSSR count). The first kappa shape index (κ1) is 24.7. The number of fused-ring (bicyclic) bond motifs is 1. The average molecular weight is 488 g/mol. The molecule has 1 aliphatic rings. The molecule has 1 N–H and O–H groups in total. The lowest BCUT2D eigenvalue weighted by atomic mass is 10.0. The summed E-state index contributed by atoms with van der Waals surface area (Å²) in [4.78, 5) is 22.9. The number of anilines is 1. The molecule has 8 nitrogen and oxygen atoms in total. The predicted molar refractivity (Wildman–Crippen MR) is 129 cm³/mol. The highest BCUT2D eigenvalue weighted by Gasteiger charge is 2.34. The number of amides is 1. The summed E-state index contributed by atoms with van der Waals surface area (Å²) in [5.41, 5.74) is 1.00. The van der Waals surface area contributed by atoms with E-state index in [1.807, 2.05) is 13.8 Å². The fourth-order valence-electron chi connectivity index (χ4n) is 3.91. The van der Waals surface area contributed by atoms with E-state index >= 15 is 0 Å². The number of rotatable bonds is 5. The maximum absolute atomic E-state index is 14.7. The fourth-order valence-corrected chi connectivity index (χ4v) is 3.91. The molecule has 188 valence electrons. The molecule has 0 radical (unpaired) electrons. The second kappa shape index (κ2) is 9.67. The number of ether oxygens (including phenoxy) is 2. The van der Waals surface area contributed by atoms with Gasteiger partial charge in [-0.3, -0.25) is 4.40 Å². The van der Waals surface area contributed by atoms with Crippen LogP contribution in [-0.2, 0) is 4.74 Å². The summed E-state index contributed by atoms with van der Waals surface area (Å²) in [6, 6.07) is 6.17. The van der Waals surface area contributed by atoms with Crippen molar-refractivity contribution in [3.05, 3.63) is 42.5 Å². The van der Waals surface area contributed by atoms with Crippen molar-refractivity contribution in [2.45, 2.75) is 65.0 Å². The number of alkyl halides is 1. The van der Waals surface area contributed by atoms with E-state index in [0.29, 0.717) is 22.9 Å². The molecule has 1 saturated heterocycles. The van der Waals surface area contributed by atoms with Gasteiger partial charge in [0, 0.05) is 19.2 Å². The van der Waals surface area contributed by atoms with Gasteiger partial charge in [-0.05, 0) is 53.2 Å². The van der Waals surface area contributed by atoms with Crippen LogP contribution in [-0.4, -0.2) is 62.4 Å². The van der Waals surface area contributed by atoms with E-state index < -0.39 is 29.7 Å². The van der Waals surface area contributed by atoms with Gasteiger partial charge in [0.1, 0.15) is 23.2 Å². The van der Waals surface area contributed by atoms with Crippen LogP contribution in [0.25, 0.3) is 17.0 Å². The standard InChI is InChI=1S/C25H31F2N5O3/c1-15(2)34-21-11-23-28-12-20(32(23)13-17(21)27)18-7-6-8-22(29-18)30-19-14-31(10-9-16(19)26)24(33)35-25(3,4)5/h6-8,11-13,15-16,19H,9-10,14H2,1-5H3,(H,29,30)/t16-,19-/m0/s1. The molecular formula is C25H31F2N5O3. The highest BCUT2D eigenvalue weighted by Crippen LogP contribution is 2.27. The molecule has 1 fully saturated rings. The Morgan fingerprint density at radius 3 is 2.77 bits per heavy atom. The number of nitrogens with one attached hydrogen (secondary N) is 1. The number of carbonyl (C=O) groups excluding carboxylic acids is 1. The lowest BCUT2D eigenvalue weighted by molar-refractivity contribution is 0.0150. The van der Waals surface area contributed by atoms with Crippen LogP contribution in [0.1, 0.15) is 41.0 Å². The first-order valence-corrected chi connectivity index (χ1v) is 11.7. The Balaban J connectivity index is 1.54. The number of pyridine rings is 2. The third-order valence-electron chi connectivity index (χ3n) is 5.45. The summed E-state index contributed by atoms with van der Waals surface area (Å²) >= 11 is 0. The number of aromatic nitrogens is 3. The third-order valence-corrected chi connectivity index (χ3v) is 5.45. The molecule has 0 unspecified atom stereocenters. The zero-order chi connectivity index (χ0) is 25.3. The van der Waals surface area contributed by atoms with Crippen molar-refractivity contribution >= 4 is 17.6 Å². The largest absolute Gasteiger partial charge is 0.488 e. The molecule has 1 amide bonds. The summed E-state index contributed by atoms with van der Waals surface area (Å²) in [7, 11) is 0. The van der Waals surface area contributed by atoms with Crippen molar-refractivity contribution in [3.8, 4) is 17.1 Å². The van der Waals surface area contributed by atoms with Crippen LogP contribution in [0.4, 0.5) is 19.4 Å². The van der Waals surface area contributed by atoms with E-state index in [1.54, 1.807) is 55.6 Å². The maximum Gasteiger partial charge on any atom is 0.410 e. The molecule has 2 atom stereocenters. The highest BCUT2D eigenvalue weighted by molar-refractivity contribution is 5.68. The first-order chi connectivity index (χ1) is 16.5. The molecule has 10 heteroatoms. The number of hydrogen-bond donors (Lipinski definition) is 1. The number of halogens is 2. The fraction of sp³-hybridized carbons (Fsp3) is 0.480. The van der Waals surface area contributed by atoms with Crippen molar-refractivity contribution in [2.24, 2.45) is 0 Å². The van der Waals surface area contributed by atoms with Crippen LogP contribution < -0.4 is 10.1 Å². The van der Waals surface area contributed by atoms with Crippen LogP contribution >= 0.6 is 0 Å². The van der Waals surface area contributed by atoms with Crippen molar-refractivity contribution in [1.82, 2.24) is 19.3 Å². The van der Waals surface area contributed by atoms with Crippen molar-refractivity contribution in [3.63, 3.8) is 0 Å². The smallest absolute Gasteiger partial charge is 0.410 e. The minimum atomic E-state index is -1.15. The van der Waals surface area contributed by atoms with Gasteiger partial charge in [0.05, 0.1) is 35.9 Å². The van der Waals surface area contributed by atoms with E-state index in [0.717, 1.165) is 0 Å². The Morgan fingerprint density at radius 2 is 2.06 bits per heavy atom. The minimum Gasteiger partial charge on any atom is -0.488 e. The Kier molecular flexibility index (Phi) is 6.82. The second-order valence-electron chi connectivity index (χ2n) is 9.91. The molecule has 3 aromatic heterocycles. The van der Waals surface area contributed by atoms with E-state index in [4.69, 9.17) is 9.47 Å². The number of carbonyl (C=O) groups is 1. The zero-order valence-corrected chi connectivity index (χ0v) is 20.6. The van der Waals surface area contributed by atoms with Crippen LogP contribution in [0.3, 0.4) is 0 Å². The Hall–Kier alpha value is -3.43. The number of hydrogen-bond acceptors (Lipinski definition) is 6. The number of imidazole rings is 1. The van der Waals surface area contributed by atoms with Gasteiger partial charge in [-0.15, -0.1) is 0 Å². The van der Waals surface area contributed by atoms with Gasteiger partial charge >= 0.3 is 6.09 Å². The molecule has 0 bridgehead atoms. The van der Waals surface area contributed by atoms with Crippen LogP contribution in [0.5, 0.6) is 5.75 Å². The summed E-state index contributed by atoms with van der Waals surface area (Å²) < 4.78 is 41.9. The van der Waals surface area contributed by atoms with Crippen molar-refractivity contribution < 1.29 is 23.0 Å². The molecule has 3 aromatic rings. The van der Waals surface area contributed by atoms with Gasteiger partial charge < -0.3 is 19.7 Å². The topological polar surface area (TPSA) is 81.0 Å². The Morgan fingerprint density at radius 1 is 1.29 bits per heavy atom. The van der Waals surface area contributed by atoms with Crippen LogP contribution in [0.2, 0.25) is 0 Å². The lowest BCUT2D eigenvalue weighted by Gasteiger charge is -2.36. The van der Waals surface area contributed by atoms with E-state index in [1.165, 1.54) is 11.1 Å². The highest BCUT2D eigenvalue weighted by atomic mass is 19.1. The maximum atomic E-state index is 14.7. The minimum absolute atomic E-state index is 0.133. The molecule has 0 saturated carbocycles. The molecule has 35 heavy (non-hydrogen) atoms. The van der Waals surface area contributed by atoms with Crippen LogP contribution in [0.15, 0.2) is 36.7 Å². The quantitative estimate of drug-likeness (QED) is 0.541. The van der Waals surface area contributed by atoms with Gasteiger partial charge in [0.2, 0.25) is 0 Å². The second-order valence-corrected chi connectivity index (χ2v) is 9.91. The van der Waals surface area contributed by atoms with Crippen molar-refractivity contribution in [1.29, 1.82) is 0 Å². The predicted octanol–water partition coefficient (Wildman–Crippen LogP) is 5.08. The Labute approximate surface area is 203 Å². The molecule has 0 spiro atoms. The van der Waals surface area contributed by atoms with Gasteiger partial charge in [0.25, 0.3) is 0 Å². The number of piperidine rings is 1. The van der Waals surface area contributed by atoms with E-state index in [9.17, 15) is 13.6 Å². The zero-order valence-electron chi connectivity index (χ0n) is 20.6. The molecule has 4 heterocycles. The lowest BCUT2D eigenvalue weighted by Crippen LogP contribution is -2.52. The molecule has 0 aromatic carbocycles.